The molecule has 0 radical (unpaired) electrons. The molecule has 1 aliphatic rings. The number of carboxylic acid groups (broad SMARTS) is 2. The van der Waals surface area contributed by atoms with E-state index in [2.05, 4.69) is 0 Å². The smallest absolute Gasteiger partial charge is 0.414 e. The molecule has 1 aliphatic heterocycles. The van der Waals surface area contributed by atoms with Crippen LogP contribution >= 0.6 is 0 Å². The lowest BCUT2D eigenvalue weighted by Crippen LogP contribution is -2.50. The van der Waals surface area contributed by atoms with Crippen molar-refractivity contribution in [1.29, 1.82) is 0 Å². The van der Waals surface area contributed by atoms with Gasteiger partial charge in [0.15, 0.2) is 4.90 Å². The maximum absolute atomic E-state index is 12.6. The Labute approximate surface area is 172 Å². The number of nitro benzene ring substituents is 1. The van der Waals surface area contributed by atoms with Crippen molar-refractivity contribution < 1.29 is 41.6 Å². The van der Waals surface area contributed by atoms with Crippen LogP contribution in [0.2, 0.25) is 0 Å². The van der Waals surface area contributed by atoms with Crippen LogP contribution in [0.15, 0.2) is 29.2 Å². The van der Waals surface area contributed by atoms with Crippen LogP contribution < -0.4 is 0 Å². The minimum absolute atomic E-state index is 0.0178. The fraction of sp³-hybridized carbons (Fsp3) is 0.467. The first-order valence-electron chi connectivity index (χ1n) is 8.52. The SMILES string of the molecule is CCCS(=O)(=O)N1CCN(S(=O)(=O)c2ccccc2[N+](=O)[O-])CC1.O=C(O)C(=O)O. The third-order valence-corrected chi connectivity index (χ3v) is 7.94. The summed E-state index contributed by atoms with van der Waals surface area (Å²) in [6.45, 7) is 1.78. The van der Waals surface area contributed by atoms with Crippen molar-refractivity contribution in [3.05, 3.63) is 34.4 Å². The first kappa shape index (κ1) is 25.4. The topological polar surface area (TPSA) is 192 Å². The van der Waals surface area contributed by atoms with Crippen LogP contribution in [-0.4, -0.2) is 84.5 Å². The summed E-state index contributed by atoms with van der Waals surface area (Å²) in [4.78, 5) is 28.1. The van der Waals surface area contributed by atoms with Crippen LogP contribution in [-0.2, 0) is 29.6 Å². The molecular formula is C15H21N3O10S2. The monoisotopic (exact) mass is 467 g/mol. The summed E-state index contributed by atoms with van der Waals surface area (Å²) >= 11 is 0. The summed E-state index contributed by atoms with van der Waals surface area (Å²) < 4.78 is 51.7. The van der Waals surface area contributed by atoms with Gasteiger partial charge in [-0.05, 0) is 12.5 Å². The fourth-order valence-electron chi connectivity index (χ4n) is 2.54. The number of carbonyl (C=O) groups is 2. The van der Waals surface area contributed by atoms with Gasteiger partial charge in [-0.2, -0.15) is 8.61 Å². The average Bonchev–Trinajstić information content (AvgIpc) is 2.68. The molecule has 1 saturated heterocycles. The molecule has 15 heteroatoms. The molecule has 0 aliphatic carbocycles. The van der Waals surface area contributed by atoms with Crippen molar-refractivity contribution >= 4 is 37.7 Å². The van der Waals surface area contributed by atoms with Crippen LogP contribution in [0.1, 0.15) is 13.3 Å². The van der Waals surface area contributed by atoms with E-state index in [1.807, 2.05) is 0 Å². The zero-order valence-electron chi connectivity index (χ0n) is 15.9. The van der Waals surface area contributed by atoms with Crippen LogP contribution in [0.4, 0.5) is 5.69 Å². The molecule has 30 heavy (non-hydrogen) atoms. The van der Waals surface area contributed by atoms with Gasteiger partial charge in [-0.15, -0.1) is 0 Å². The van der Waals surface area contributed by atoms with Gasteiger partial charge in [-0.25, -0.2) is 26.4 Å². The van der Waals surface area contributed by atoms with Gasteiger partial charge < -0.3 is 10.2 Å². The van der Waals surface area contributed by atoms with E-state index < -0.39 is 42.6 Å². The molecule has 168 valence electrons. The molecule has 0 spiro atoms. The molecule has 1 heterocycles. The lowest BCUT2D eigenvalue weighted by molar-refractivity contribution is -0.387. The minimum atomic E-state index is -4.05. The van der Waals surface area contributed by atoms with E-state index in [1.54, 1.807) is 6.92 Å². The largest absolute Gasteiger partial charge is 0.473 e. The Bertz CT molecular complexity index is 987. The maximum Gasteiger partial charge on any atom is 0.414 e. The molecule has 0 aromatic heterocycles. The van der Waals surface area contributed by atoms with Crippen molar-refractivity contribution in [2.24, 2.45) is 0 Å². The normalized spacial score (nSPS) is 15.6. The second-order valence-electron chi connectivity index (χ2n) is 5.95. The number of benzene rings is 1. The molecule has 1 fully saturated rings. The average molecular weight is 467 g/mol. The molecule has 0 amide bonds. The molecule has 2 rings (SSSR count). The Morgan fingerprint density at radius 1 is 1.00 bits per heavy atom. The first-order chi connectivity index (χ1) is 13.8. The molecule has 0 unspecified atom stereocenters. The molecule has 0 bridgehead atoms. The summed E-state index contributed by atoms with van der Waals surface area (Å²) in [6, 6.07) is 5.14. The number of hydrogen-bond acceptors (Lipinski definition) is 8. The van der Waals surface area contributed by atoms with Crippen molar-refractivity contribution in [2.45, 2.75) is 18.2 Å². The summed E-state index contributed by atoms with van der Waals surface area (Å²) in [5.41, 5.74) is -0.487. The van der Waals surface area contributed by atoms with Gasteiger partial charge in [-0.1, -0.05) is 19.1 Å². The van der Waals surface area contributed by atoms with E-state index in [4.69, 9.17) is 19.8 Å². The molecular weight excluding hydrogens is 446 g/mol. The predicted octanol–water partition coefficient (Wildman–Crippen LogP) is -0.203. The number of piperazine rings is 1. The Morgan fingerprint density at radius 3 is 1.90 bits per heavy atom. The highest BCUT2D eigenvalue weighted by atomic mass is 32.2. The Morgan fingerprint density at radius 2 is 1.47 bits per heavy atom. The van der Waals surface area contributed by atoms with Gasteiger partial charge in [0.2, 0.25) is 20.0 Å². The number of carboxylic acids is 2. The molecule has 0 atom stereocenters. The van der Waals surface area contributed by atoms with Crippen molar-refractivity contribution in [1.82, 2.24) is 8.61 Å². The van der Waals surface area contributed by atoms with Gasteiger partial charge in [0, 0.05) is 32.2 Å². The molecule has 13 nitrogen and oxygen atoms in total. The van der Waals surface area contributed by atoms with E-state index >= 15 is 0 Å². The highest BCUT2D eigenvalue weighted by molar-refractivity contribution is 7.89. The highest BCUT2D eigenvalue weighted by Crippen LogP contribution is 2.27. The van der Waals surface area contributed by atoms with Gasteiger partial charge >= 0.3 is 11.9 Å². The molecule has 1 aromatic rings. The van der Waals surface area contributed by atoms with E-state index in [1.165, 1.54) is 22.5 Å². The number of para-hydroxylation sites is 1. The quantitative estimate of drug-likeness (QED) is 0.321. The van der Waals surface area contributed by atoms with E-state index in [0.717, 1.165) is 10.4 Å². The second kappa shape index (κ2) is 10.4. The summed E-state index contributed by atoms with van der Waals surface area (Å²) in [6.07, 6.45) is 0.483. The summed E-state index contributed by atoms with van der Waals surface area (Å²) in [7, 11) is -7.43. The summed E-state index contributed by atoms with van der Waals surface area (Å²) in [5, 5.41) is 25.8. The molecule has 1 aromatic carbocycles. The summed E-state index contributed by atoms with van der Waals surface area (Å²) in [5.74, 6) is -3.63. The number of nitro groups is 1. The zero-order chi connectivity index (χ0) is 23.1. The van der Waals surface area contributed by atoms with E-state index in [0.29, 0.717) is 6.42 Å². The lowest BCUT2D eigenvalue weighted by Gasteiger charge is -2.33. The van der Waals surface area contributed by atoms with Gasteiger partial charge in [0.05, 0.1) is 10.7 Å². The standard InChI is InChI=1S/C13H19N3O6S2.C2H2O4/c1-2-11-23(19,20)14-7-9-15(10-8-14)24(21,22)13-6-4-3-5-12(13)16(17)18;3-1(4)2(5)6/h3-6H,2,7-11H2,1H3;(H,3,4)(H,5,6). The van der Waals surface area contributed by atoms with Gasteiger partial charge in [-0.3, -0.25) is 10.1 Å². The maximum atomic E-state index is 12.6. The van der Waals surface area contributed by atoms with Crippen LogP contribution in [0.5, 0.6) is 0 Å². The first-order valence-corrected chi connectivity index (χ1v) is 11.6. The number of hydrogen-bond donors (Lipinski definition) is 2. The van der Waals surface area contributed by atoms with Crippen molar-refractivity contribution in [3.63, 3.8) is 0 Å². The minimum Gasteiger partial charge on any atom is -0.473 e. The second-order valence-corrected chi connectivity index (χ2v) is 9.95. The van der Waals surface area contributed by atoms with E-state index in [9.17, 15) is 26.9 Å². The third-order valence-electron chi connectivity index (χ3n) is 3.92. The van der Waals surface area contributed by atoms with E-state index in [-0.39, 0.29) is 36.8 Å². The number of rotatable bonds is 6. The number of sulfonamides is 2. The highest BCUT2D eigenvalue weighted by Gasteiger charge is 2.35. The number of aliphatic carboxylic acids is 2. The van der Waals surface area contributed by atoms with Gasteiger partial charge in [0.1, 0.15) is 0 Å². The van der Waals surface area contributed by atoms with Crippen LogP contribution in [0.25, 0.3) is 0 Å². The Kier molecular flexibility index (Phi) is 8.83. The molecule has 2 N–H and O–H groups in total. The third kappa shape index (κ3) is 6.45. The Balaban J connectivity index is 0.000000656. The van der Waals surface area contributed by atoms with Crippen LogP contribution in [0.3, 0.4) is 0 Å². The Hall–Kier alpha value is -2.62. The lowest BCUT2D eigenvalue weighted by atomic mass is 10.3. The van der Waals surface area contributed by atoms with Gasteiger partial charge in [0.25, 0.3) is 5.69 Å². The van der Waals surface area contributed by atoms with Crippen molar-refractivity contribution in [3.8, 4) is 0 Å². The predicted molar refractivity (Wildman–Crippen MR) is 103 cm³/mol. The zero-order valence-corrected chi connectivity index (χ0v) is 17.5. The fourth-order valence-corrected chi connectivity index (χ4v) is 5.61. The number of nitrogens with zero attached hydrogens (tertiary/aromatic N) is 3. The van der Waals surface area contributed by atoms with Crippen molar-refractivity contribution in [2.75, 3.05) is 31.9 Å². The van der Waals surface area contributed by atoms with Crippen LogP contribution in [0, 0.1) is 10.1 Å². The molecule has 0 saturated carbocycles.